The van der Waals surface area contributed by atoms with Crippen LogP contribution in [0.5, 0.6) is 0 Å². The molecule has 2 unspecified atom stereocenters. The number of amides is 1. The third-order valence-corrected chi connectivity index (χ3v) is 2.58. The number of nitrogens with one attached hydrogen (secondary N) is 1. The smallest absolute Gasteiger partial charge is 0.326 e. The van der Waals surface area contributed by atoms with Gasteiger partial charge in [0.1, 0.15) is 6.04 Å². The van der Waals surface area contributed by atoms with Crippen molar-refractivity contribution in [3.05, 3.63) is 12.7 Å². The third kappa shape index (κ3) is 7.35. The van der Waals surface area contributed by atoms with Crippen molar-refractivity contribution in [1.29, 1.82) is 0 Å². The molecule has 0 rings (SSSR count). The maximum absolute atomic E-state index is 11.7. The van der Waals surface area contributed by atoms with E-state index in [1.54, 1.807) is 0 Å². The van der Waals surface area contributed by atoms with Gasteiger partial charge >= 0.3 is 5.97 Å². The summed E-state index contributed by atoms with van der Waals surface area (Å²) in [6, 6.07) is -1.84. The molecule has 0 saturated heterocycles. The summed E-state index contributed by atoms with van der Waals surface area (Å²) in [5, 5.41) is 11.3. The standard InChI is InChI=1S/C13H22N2O4/c1-4-9(16)5-6-11(13(18)19)15-12(17)10(14)7-8(2)3/h4,8,10-11H,1,5-7,14H2,2-3H3,(H,15,17)(H,18,19). The van der Waals surface area contributed by atoms with Crippen LogP contribution in [-0.2, 0) is 14.4 Å². The van der Waals surface area contributed by atoms with Gasteiger partial charge in [0.25, 0.3) is 0 Å². The van der Waals surface area contributed by atoms with Crippen molar-refractivity contribution in [2.24, 2.45) is 11.7 Å². The summed E-state index contributed by atoms with van der Waals surface area (Å²) in [6.07, 6.45) is 1.66. The molecule has 6 heteroatoms. The topological polar surface area (TPSA) is 109 Å². The van der Waals surface area contributed by atoms with Gasteiger partial charge in [-0.15, -0.1) is 0 Å². The average Bonchev–Trinajstić information content (AvgIpc) is 2.32. The van der Waals surface area contributed by atoms with Crippen LogP contribution in [0.2, 0.25) is 0 Å². The molecule has 0 aromatic rings. The zero-order valence-corrected chi connectivity index (χ0v) is 11.4. The van der Waals surface area contributed by atoms with Crippen LogP contribution in [-0.4, -0.2) is 34.8 Å². The molecule has 0 spiro atoms. The van der Waals surface area contributed by atoms with Gasteiger partial charge in [-0.2, -0.15) is 0 Å². The molecule has 0 saturated carbocycles. The van der Waals surface area contributed by atoms with Gasteiger partial charge in [0.05, 0.1) is 6.04 Å². The van der Waals surface area contributed by atoms with Gasteiger partial charge in [0.2, 0.25) is 5.91 Å². The highest BCUT2D eigenvalue weighted by atomic mass is 16.4. The highest BCUT2D eigenvalue weighted by molar-refractivity contribution is 5.90. The van der Waals surface area contributed by atoms with Crippen LogP contribution >= 0.6 is 0 Å². The van der Waals surface area contributed by atoms with Crippen molar-refractivity contribution in [3.63, 3.8) is 0 Å². The van der Waals surface area contributed by atoms with E-state index in [-0.39, 0.29) is 24.5 Å². The second-order valence-electron chi connectivity index (χ2n) is 4.84. The SMILES string of the molecule is C=CC(=O)CCC(NC(=O)C(N)CC(C)C)C(=O)O. The normalized spacial score (nSPS) is 13.7. The van der Waals surface area contributed by atoms with E-state index in [4.69, 9.17) is 10.8 Å². The van der Waals surface area contributed by atoms with Gasteiger partial charge in [-0.3, -0.25) is 9.59 Å². The molecule has 0 radical (unpaired) electrons. The molecular formula is C13H22N2O4. The monoisotopic (exact) mass is 270 g/mol. The van der Waals surface area contributed by atoms with Crippen LogP contribution in [0.3, 0.4) is 0 Å². The van der Waals surface area contributed by atoms with Crippen LogP contribution in [0.4, 0.5) is 0 Å². The number of aliphatic carboxylic acids is 1. The van der Waals surface area contributed by atoms with Crippen molar-refractivity contribution in [2.75, 3.05) is 0 Å². The molecule has 6 nitrogen and oxygen atoms in total. The van der Waals surface area contributed by atoms with Crippen LogP contribution in [0, 0.1) is 5.92 Å². The Labute approximate surface area is 113 Å². The van der Waals surface area contributed by atoms with Gasteiger partial charge in [-0.1, -0.05) is 20.4 Å². The Kier molecular flexibility index (Phi) is 7.67. The lowest BCUT2D eigenvalue weighted by molar-refractivity contribution is -0.142. The van der Waals surface area contributed by atoms with Gasteiger partial charge < -0.3 is 16.2 Å². The molecule has 2 atom stereocenters. The van der Waals surface area contributed by atoms with E-state index in [9.17, 15) is 14.4 Å². The summed E-state index contributed by atoms with van der Waals surface area (Å²) in [6.45, 7) is 7.14. The molecule has 108 valence electrons. The number of hydrogen-bond donors (Lipinski definition) is 3. The first kappa shape index (κ1) is 17.3. The molecule has 19 heavy (non-hydrogen) atoms. The van der Waals surface area contributed by atoms with Crippen LogP contribution in [0.25, 0.3) is 0 Å². The molecule has 4 N–H and O–H groups in total. The van der Waals surface area contributed by atoms with E-state index < -0.39 is 24.0 Å². The van der Waals surface area contributed by atoms with E-state index in [0.717, 1.165) is 6.08 Å². The molecule has 0 aliphatic carbocycles. The highest BCUT2D eigenvalue weighted by Crippen LogP contribution is 2.05. The summed E-state index contributed by atoms with van der Waals surface area (Å²) in [5.41, 5.74) is 5.66. The second kappa shape index (κ2) is 8.42. The molecule has 0 aliphatic heterocycles. The molecule has 0 aromatic carbocycles. The molecule has 0 aliphatic rings. The van der Waals surface area contributed by atoms with Gasteiger partial charge in [0.15, 0.2) is 5.78 Å². The minimum Gasteiger partial charge on any atom is -0.480 e. The Hall–Kier alpha value is -1.69. The molecule has 0 fully saturated rings. The molecular weight excluding hydrogens is 248 g/mol. The summed E-state index contributed by atoms with van der Waals surface area (Å²) in [7, 11) is 0. The number of nitrogens with two attached hydrogens (primary N) is 1. The lowest BCUT2D eigenvalue weighted by Crippen LogP contribution is -2.48. The molecule has 0 bridgehead atoms. The van der Waals surface area contributed by atoms with Gasteiger partial charge in [-0.05, 0) is 24.8 Å². The Bertz CT molecular complexity index is 353. The zero-order chi connectivity index (χ0) is 15.0. The minimum absolute atomic E-state index is 0.0279. The number of carboxylic acid groups (broad SMARTS) is 1. The van der Waals surface area contributed by atoms with E-state index in [0.29, 0.717) is 6.42 Å². The number of carbonyl (C=O) groups excluding carboxylic acids is 2. The Morgan fingerprint density at radius 3 is 2.37 bits per heavy atom. The number of carbonyl (C=O) groups is 3. The summed E-state index contributed by atoms with van der Waals surface area (Å²) in [5.74, 6) is -1.70. The predicted octanol–water partition coefficient (Wildman–Crippen LogP) is 0.464. The van der Waals surface area contributed by atoms with E-state index >= 15 is 0 Å². The number of hydrogen-bond acceptors (Lipinski definition) is 4. The third-order valence-electron chi connectivity index (χ3n) is 2.58. The molecule has 0 heterocycles. The number of allylic oxidation sites excluding steroid dienone is 1. The van der Waals surface area contributed by atoms with Crippen LogP contribution in [0.15, 0.2) is 12.7 Å². The van der Waals surface area contributed by atoms with Crippen LogP contribution in [0.1, 0.15) is 33.1 Å². The summed E-state index contributed by atoms with van der Waals surface area (Å²) < 4.78 is 0. The number of ketones is 1. The number of rotatable bonds is 9. The summed E-state index contributed by atoms with van der Waals surface area (Å²) in [4.78, 5) is 33.7. The van der Waals surface area contributed by atoms with Crippen molar-refractivity contribution in [1.82, 2.24) is 5.32 Å². The van der Waals surface area contributed by atoms with Gasteiger partial charge in [-0.25, -0.2) is 4.79 Å². The molecule has 1 amide bonds. The quantitative estimate of drug-likeness (QED) is 0.527. The first-order valence-corrected chi connectivity index (χ1v) is 6.22. The second-order valence-corrected chi connectivity index (χ2v) is 4.84. The van der Waals surface area contributed by atoms with Crippen molar-refractivity contribution < 1.29 is 19.5 Å². The van der Waals surface area contributed by atoms with Gasteiger partial charge in [0, 0.05) is 6.42 Å². The van der Waals surface area contributed by atoms with Crippen LogP contribution < -0.4 is 11.1 Å². The van der Waals surface area contributed by atoms with E-state index in [2.05, 4.69) is 11.9 Å². The van der Waals surface area contributed by atoms with Crippen molar-refractivity contribution in [2.45, 2.75) is 45.2 Å². The zero-order valence-electron chi connectivity index (χ0n) is 11.4. The fourth-order valence-electron chi connectivity index (χ4n) is 1.54. The molecule has 0 aromatic heterocycles. The van der Waals surface area contributed by atoms with Crippen molar-refractivity contribution in [3.8, 4) is 0 Å². The minimum atomic E-state index is -1.18. The fraction of sp³-hybridized carbons (Fsp3) is 0.615. The van der Waals surface area contributed by atoms with E-state index in [1.807, 2.05) is 13.8 Å². The highest BCUT2D eigenvalue weighted by Gasteiger charge is 2.23. The maximum Gasteiger partial charge on any atom is 0.326 e. The maximum atomic E-state index is 11.7. The van der Waals surface area contributed by atoms with E-state index in [1.165, 1.54) is 0 Å². The Morgan fingerprint density at radius 2 is 1.95 bits per heavy atom. The summed E-state index contributed by atoms with van der Waals surface area (Å²) >= 11 is 0. The average molecular weight is 270 g/mol. The lowest BCUT2D eigenvalue weighted by atomic mass is 10.0. The first-order valence-electron chi connectivity index (χ1n) is 6.22. The predicted molar refractivity (Wildman–Crippen MR) is 71.4 cm³/mol. The fourth-order valence-corrected chi connectivity index (χ4v) is 1.54. The van der Waals surface area contributed by atoms with Crippen molar-refractivity contribution >= 4 is 17.7 Å². The first-order chi connectivity index (χ1) is 8.77. The Balaban J connectivity index is 4.41. The number of carboxylic acids is 1. The lowest BCUT2D eigenvalue weighted by Gasteiger charge is -2.18. The largest absolute Gasteiger partial charge is 0.480 e. The Morgan fingerprint density at radius 1 is 1.37 bits per heavy atom.